The summed E-state index contributed by atoms with van der Waals surface area (Å²) in [6.45, 7) is 0.205. The van der Waals surface area contributed by atoms with Crippen molar-refractivity contribution in [2.75, 3.05) is 6.61 Å². The molecule has 5 heteroatoms. The summed E-state index contributed by atoms with van der Waals surface area (Å²) in [6.07, 6.45) is 0.557. The molecule has 0 heterocycles. The molecular formula is C8H10O4P+. The van der Waals surface area contributed by atoms with Crippen LogP contribution in [-0.2, 0) is 15.5 Å². The van der Waals surface area contributed by atoms with E-state index in [0.717, 1.165) is 5.56 Å². The average Bonchev–Trinajstić information content (AvgIpc) is 2.08. The van der Waals surface area contributed by atoms with Gasteiger partial charge in [0.15, 0.2) is 0 Å². The van der Waals surface area contributed by atoms with Gasteiger partial charge >= 0.3 is 8.25 Å². The van der Waals surface area contributed by atoms with E-state index in [2.05, 4.69) is 4.52 Å². The third-order valence-electron chi connectivity index (χ3n) is 1.53. The number of phenols is 1. The fraction of sp³-hybridized carbons (Fsp3) is 0.250. The minimum atomic E-state index is -2.50. The van der Waals surface area contributed by atoms with E-state index in [9.17, 15) is 4.57 Å². The Morgan fingerprint density at radius 1 is 1.31 bits per heavy atom. The van der Waals surface area contributed by atoms with Crippen LogP contribution in [0, 0.1) is 0 Å². The van der Waals surface area contributed by atoms with Gasteiger partial charge in [-0.2, -0.15) is 0 Å². The van der Waals surface area contributed by atoms with Crippen LogP contribution in [0.5, 0.6) is 5.75 Å². The first-order valence-electron chi connectivity index (χ1n) is 3.75. The summed E-state index contributed by atoms with van der Waals surface area (Å²) in [5.41, 5.74) is 0.953. The standard InChI is InChI=1S/C8H9O4P/c9-8-3-1-7(2-4-8)5-6-12-13(10)11/h1-4H,5-6H2,(H-,9,10,11)/p+1. The lowest BCUT2D eigenvalue weighted by Gasteiger charge is -1.96. The van der Waals surface area contributed by atoms with E-state index in [1.165, 1.54) is 0 Å². The minimum absolute atomic E-state index is 0.205. The van der Waals surface area contributed by atoms with Gasteiger partial charge in [0.2, 0.25) is 0 Å². The minimum Gasteiger partial charge on any atom is -0.508 e. The summed E-state index contributed by atoms with van der Waals surface area (Å²) in [7, 11) is -2.50. The van der Waals surface area contributed by atoms with Gasteiger partial charge in [-0.25, -0.2) is 0 Å². The Bertz CT molecular complexity index is 283. The summed E-state index contributed by atoms with van der Waals surface area (Å²) in [5.74, 6) is 0.206. The Kier molecular flexibility index (Phi) is 3.83. The van der Waals surface area contributed by atoms with E-state index in [-0.39, 0.29) is 12.4 Å². The smallest absolute Gasteiger partial charge is 0.508 e. The van der Waals surface area contributed by atoms with E-state index in [0.29, 0.717) is 6.42 Å². The Labute approximate surface area is 76.7 Å². The maximum absolute atomic E-state index is 10.1. The number of benzene rings is 1. The van der Waals surface area contributed by atoms with Crippen LogP contribution in [0.1, 0.15) is 5.56 Å². The normalized spacial score (nSPS) is 11.3. The summed E-state index contributed by atoms with van der Waals surface area (Å²) in [6, 6.07) is 6.61. The van der Waals surface area contributed by atoms with Crippen molar-refractivity contribution in [3.63, 3.8) is 0 Å². The molecule has 0 radical (unpaired) electrons. The molecule has 0 aliphatic heterocycles. The highest BCUT2D eigenvalue weighted by Gasteiger charge is 2.10. The molecule has 13 heavy (non-hydrogen) atoms. The van der Waals surface area contributed by atoms with Gasteiger partial charge in [0.25, 0.3) is 0 Å². The SMILES string of the molecule is O=[P+](O)OCCc1ccc(O)cc1. The lowest BCUT2D eigenvalue weighted by atomic mass is 10.2. The molecule has 1 atom stereocenters. The zero-order chi connectivity index (χ0) is 9.68. The Balaban J connectivity index is 2.37. The molecule has 70 valence electrons. The van der Waals surface area contributed by atoms with Crippen LogP contribution in [0.2, 0.25) is 0 Å². The molecule has 0 saturated carbocycles. The molecule has 0 aliphatic carbocycles. The molecule has 0 spiro atoms. The number of hydrogen-bond donors (Lipinski definition) is 2. The van der Waals surface area contributed by atoms with E-state index < -0.39 is 8.25 Å². The Hall–Kier alpha value is -0.960. The maximum Gasteiger partial charge on any atom is 0.694 e. The van der Waals surface area contributed by atoms with E-state index in [1.54, 1.807) is 24.3 Å². The van der Waals surface area contributed by atoms with E-state index in [1.807, 2.05) is 0 Å². The van der Waals surface area contributed by atoms with Crippen LogP contribution in [0.3, 0.4) is 0 Å². The number of hydrogen-bond acceptors (Lipinski definition) is 3. The topological polar surface area (TPSA) is 66.8 Å². The quantitative estimate of drug-likeness (QED) is 0.726. The van der Waals surface area contributed by atoms with Gasteiger partial charge in [-0.3, -0.25) is 0 Å². The molecular weight excluding hydrogens is 191 g/mol. The highest BCUT2D eigenvalue weighted by molar-refractivity contribution is 7.32. The zero-order valence-corrected chi connectivity index (χ0v) is 7.78. The van der Waals surface area contributed by atoms with Gasteiger partial charge in [0.05, 0.1) is 0 Å². The molecule has 1 rings (SSSR count). The van der Waals surface area contributed by atoms with Crippen molar-refractivity contribution in [3.05, 3.63) is 29.8 Å². The predicted molar refractivity (Wildman–Crippen MR) is 47.6 cm³/mol. The second-order valence-electron chi connectivity index (χ2n) is 2.49. The van der Waals surface area contributed by atoms with E-state index >= 15 is 0 Å². The number of rotatable bonds is 4. The molecule has 0 amide bonds. The zero-order valence-electron chi connectivity index (χ0n) is 6.88. The van der Waals surface area contributed by atoms with Crippen LogP contribution in [-0.4, -0.2) is 16.6 Å². The van der Waals surface area contributed by atoms with Crippen molar-refractivity contribution in [3.8, 4) is 5.75 Å². The summed E-state index contributed by atoms with van der Waals surface area (Å²) < 4.78 is 14.6. The summed E-state index contributed by atoms with van der Waals surface area (Å²) >= 11 is 0. The molecule has 1 aromatic carbocycles. The van der Waals surface area contributed by atoms with Crippen LogP contribution in [0.4, 0.5) is 0 Å². The highest BCUT2D eigenvalue weighted by atomic mass is 31.1. The van der Waals surface area contributed by atoms with Crippen LogP contribution in [0.25, 0.3) is 0 Å². The summed E-state index contributed by atoms with van der Waals surface area (Å²) in [4.78, 5) is 8.32. The lowest BCUT2D eigenvalue weighted by Crippen LogP contribution is -1.92. The fourth-order valence-corrected chi connectivity index (χ4v) is 1.15. The van der Waals surface area contributed by atoms with Gasteiger partial charge in [0.1, 0.15) is 12.4 Å². The second-order valence-corrected chi connectivity index (χ2v) is 3.22. The van der Waals surface area contributed by atoms with Crippen molar-refractivity contribution in [1.29, 1.82) is 0 Å². The van der Waals surface area contributed by atoms with Gasteiger partial charge in [-0.15, -0.1) is 9.42 Å². The monoisotopic (exact) mass is 201 g/mol. The van der Waals surface area contributed by atoms with Crippen LogP contribution >= 0.6 is 8.25 Å². The molecule has 0 bridgehead atoms. The fourth-order valence-electron chi connectivity index (χ4n) is 0.904. The van der Waals surface area contributed by atoms with Gasteiger partial charge in [0, 0.05) is 11.0 Å². The van der Waals surface area contributed by atoms with Crippen molar-refractivity contribution in [2.45, 2.75) is 6.42 Å². The Morgan fingerprint density at radius 2 is 1.92 bits per heavy atom. The highest BCUT2D eigenvalue weighted by Crippen LogP contribution is 2.15. The third kappa shape index (κ3) is 3.99. The predicted octanol–water partition coefficient (Wildman–Crippen LogP) is 1.60. The molecule has 1 unspecified atom stereocenters. The summed E-state index contributed by atoms with van der Waals surface area (Å²) in [5, 5.41) is 8.95. The van der Waals surface area contributed by atoms with Crippen molar-refractivity contribution in [1.82, 2.24) is 0 Å². The first kappa shape index (κ1) is 10.1. The molecule has 1 aromatic rings. The van der Waals surface area contributed by atoms with E-state index in [4.69, 9.17) is 10.00 Å². The largest absolute Gasteiger partial charge is 0.694 e. The average molecular weight is 201 g/mol. The molecule has 4 nitrogen and oxygen atoms in total. The molecule has 0 aromatic heterocycles. The third-order valence-corrected chi connectivity index (χ3v) is 1.93. The first-order chi connectivity index (χ1) is 6.18. The Morgan fingerprint density at radius 3 is 2.46 bits per heavy atom. The first-order valence-corrected chi connectivity index (χ1v) is 4.88. The second kappa shape index (κ2) is 4.92. The number of phenolic OH excluding ortho intramolecular Hbond substituents is 1. The van der Waals surface area contributed by atoms with Crippen molar-refractivity contribution < 1.29 is 19.1 Å². The van der Waals surface area contributed by atoms with Gasteiger partial charge < -0.3 is 5.11 Å². The van der Waals surface area contributed by atoms with Crippen LogP contribution in [0.15, 0.2) is 24.3 Å². The van der Waals surface area contributed by atoms with Crippen molar-refractivity contribution in [2.24, 2.45) is 0 Å². The number of aromatic hydroxyl groups is 1. The molecule has 2 N–H and O–H groups in total. The van der Waals surface area contributed by atoms with Gasteiger partial charge in [-0.05, 0) is 17.7 Å². The van der Waals surface area contributed by atoms with Gasteiger partial charge in [-0.1, -0.05) is 12.1 Å². The lowest BCUT2D eigenvalue weighted by molar-refractivity contribution is 0.285. The molecule has 0 fully saturated rings. The molecule has 0 saturated heterocycles. The van der Waals surface area contributed by atoms with Crippen LogP contribution < -0.4 is 0 Å². The molecule has 0 aliphatic rings. The van der Waals surface area contributed by atoms with Crippen molar-refractivity contribution >= 4 is 8.25 Å². The maximum atomic E-state index is 10.1.